The lowest BCUT2D eigenvalue weighted by Crippen LogP contribution is -2.07. The Morgan fingerprint density at radius 2 is 2.27 bits per heavy atom. The Kier molecular flexibility index (Phi) is 2.92. The second kappa shape index (κ2) is 3.75. The topological polar surface area (TPSA) is 0 Å². The molecule has 11 heavy (non-hydrogen) atoms. The van der Waals surface area contributed by atoms with E-state index in [1.807, 2.05) is 0 Å². The van der Waals surface area contributed by atoms with Gasteiger partial charge in [0.1, 0.15) is 0 Å². The van der Waals surface area contributed by atoms with Crippen molar-refractivity contribution >= 4 is 0 Å². The highest BCUT2D eigenvalue weighted by Crippen LogP contribution is 2.31. The molecule has 0 radical (unpaired) electrons. The molecule has 0 aromatic rings. The van der Waals surface area contributed by atoms with Crippen LogP contribution < -0.4 is 0 Å². The Labute approximate surface area is 70.0 Å². The Balaban J connectivity index is 2.52. The second-order valence-electron chi connectivity index (χ2n) is 3.53. The first-order valence-electron chi connectivity index (χ1n) is 4.59. The van der Waals surface area contributed by atoms with Crippen LogP contribution in [0.5, 0.6) is 0 Å². The molecule has 1 unspecified atom stereocenters. The van der Waals surface area contributed by atoms with Crippen molar-refractivity contribution in [2.45, 2.75) is 39.5 Å². The van der Waals surface area contributed by atoms with Gasteiger partial charge in [-0.15, -0.1) is 0 Å². The Bertz CT molecular complexity index is 174. The summed E-state index contributed by atoms with van der Waals surface area (Å²) in [5.41, 5.74) is 3.09. The summed E-state index contributed by atoms with van der Waals surface area (Å²) in [5, 5.41) is 0. The maximum atomic E-state index is 4.06. The molecule has 0 aliphatic heterocycles. The van der Waals surface area contributed by atoms with Crippen LogP contribution in [0, 0.1) is 5.92 Å². The van der Waals surface area contributed by atoms with Crippen LogP contribution in [-0.4, -0.2) is 0 Å². The average Bonchev–Trinajstić information content (AvgIpc) is 1.98. The molecule has 1 saturated carbocycles. The zero-order chi connectivity index (χ0) is 8.27. The van der Waals surface area contributed by atoms with Gasteiger partial charge in [0.25, 0.3) is 0 Å². The lowest BCUT2D eigenvalue weighted by Gasteiger charge is -2.23. The minimum atomic E-state index is 0.724. The molecule has 1 rings (SSSR count). The first-order chi connectivity index (χ1) is 5.24. The lowest BCUT2D eigenvalue weighted by molar-refractivity contribution is 0.574. The van der Waals surface area contributed by atoms with Crippen LogP contribution in [0.15, 0.2) is 23.8 Å². The van der Waals surface area contributed by atoms with Crippen molar-refractivity contribution in [1.82, 2.24) is 0 Å². The lowest BCUT2D eigenvalue weighted by atomic mass is 9.83. The molecule has 0 spiro atoms. The fourth-order valence-electron chi connectivity index (χ4n) is 1.68. The molecule has 0 amide bonds. The van der Waals surface area contributed by atoms with Gasteiger partial charge in [-0.05, 0) is 31.6 Å². The van der Waals surface area contributed by atoms with E-state index in [-0.39, 0.29) is 0 Å². The van der Waals surface area contributed by atoms with Gasteiger partial charge in [0.15, 0.2) is 0 Å². The minimum absolute atomic E-state index is 0.724. The largest absolute Gasteiger partial charge is 0.0996 e. The molecule has 1 aliphatic rings. The van der Waals surface area contributed by atoms with E-state index in [0.717, 1.165) is 5.92 Å². The fraction of sp³-hybridized carbons (Fsp3) is 0.636. The monoisotopic (exact) mass is 150 g/mol. The van der Waals surface area contributed by atoms with Crippen molar-refractivity contribution in [2.75, 3.05) is 0 Å². The van der Waals surface area contributed by atoms with Crippen molar-refractivity contribution in [2.24, 2.45) is 5.92 Å². The quantitative estimate of drug-likeness (QED) is 0.500. The van der Waals surface area contributed by atoms with Crippen LogP contribution in [0.2, 0.25) is 0 Å². The number of hydrogen-bond donors (Lipinski definition) is 0. The van der Waals surface area contributed by atoms with E-state index in [2.05, 4.69) is 26.5 Å². The van der Waals surface area contributed by atoms with Gasteiger partial charge in [0.2, 0.25) is 0 Å². The number of allylic oxidation sites excluding steroid dienone is 3. The van der Waals surface area contributed by atoms with E-state index >= 15 is 0 Å². The maximum absolute atomic E-state index is 4.06. The van der Waals surface area contributed by atoms with E-state index < -0.39 is 0 Å². The summed E-state index contributed by atoms with van der Waals surface area (Å²) in [4.78, 5) is 0. The van der Waals surface area contributed by atoms with Gasteiger partial charge in [-0.1, -0.05) is 37.6 Å². The second-order valence-corrected chi connectivity index (χ2v) is 3.53. The Morgan fingerprint density at radius 3 is 2.82 bits per heavy atom. The van der Waals surface area contributed by atoms with Gasteiger partial charge in [-0.2, -0.15) is 0 Å². The molecule has 0 nitrogen and oxygen atoms in total. The van der Waals surface area contributed by atoms with Gasteiger partial charge in [0.05, 0.1) is 0 Å². The summed E-state index contributed by atoms with van der Waals surface area (Å²) in [5.74, 6) is 0.724. The standard InChI is InChI=1S/C11H18/c1-4-5-11-7-6-9(2)10(3)8-11/h5,10H,2,4,6-8H2,1,3H3/b11-5-. The molecule has 0 heterocycles. The van der Waals surface area contributed by atoms with Gasteiger partial charge >= 0.3 is 0 Å². The zero-order valence-electron chi connectivity index (χ0n) is 7.69. The zero-order valence-corrected chi connectivity index (χ0v) is 7.69. The third-order valence-corrected chi connectivity index (χ3v) is 2.53. The molecule has 0 saturated heterocycles. The van der Waals surface area contributed by atoms with Crippen LogP contribution >= 0.6 is 0 Å². The van der Waals surface area contributed by atoms with Crippen molar-refractivity contribution in [3.8, 4) is 0 Å². The highest BCUT2D eigenvalue weighted by atomic mass is 14.2. The summed E-state index contributed by atoms with van der Waals surface area (Å²) in [7, 11) is 0. The predicted octanol–water partition coefficient (Wildman–Crippen LogP) is 3.70. The van der Waals surface area contributed by atoms with Crippen molar-refractivity contribution in [3.05, 3.63) is 23.8 Å². The van der Waals surface area contributed by atoms with Crippen LogP contribution in [-0.2, 0) is 0 Å². The predicted molar refractivity (Wildman–Crippen MR) is 50.5 cm³/mol. The molecule has 0 heteroatoms. The van der Waals surface area contributed by atoms with Crippen molar-refractivity contribution in [1.29, 1.82) is 0 Å². The molecular formula is C11H18. The number of hydrogen-bond acceptors (Lipinski definition) is 0. The minimum Gasteiger partial charge on any atom is -0.0996 e. The molecule has 0 aromatic heterocycles. The highest BCUT2D eigenvalue weighted by molar-refractivity contribution is 5.16. The Hall–Kier alpha value is -0.520. The molecule has 0 bridgehead atoms. The van der Waals surface area contributed by atoms with E-state index in [9.17, 15) is 0 Å². The Morgan fingerprint density at radius 1 is 1.55 bits per heavy atom. The molecule has 62 valence electrons. The molecular weight excluding hydrogens is 132 g/mol. The summed E-state index contributed by atoms with van der Waals surface area (Å²) < 4.78 is 0. The van der Waals surface area contributed by atoms with Crippen LogP contribution in [0.25, 0.3) is 0 Å². The van der Waals surface area contributed by atoms with Crippen LogP contribution in [0.1, 0.15) is 39.5 Å². The third kappa shape index (κ3) is 2.21. The molecule has 0 N–H and O–H groups in total. The van der Waals surface area contributed by atoms with E-state index in [4.69, 9.17) is 0 Å². The average molecular weight is 150 g/mol. The first kappa shape index (κ1) is 8.58. The van der Waals surface area contributed by atoms with E-state index in [1.54, 1.807) is 5.57 Å². The van der Waals surface area contributed by atoms with Crippen molar-refractivity contribution < 1.29 is 0 Å². The fourth-order valence-corrected chi connectivity index (χ4v) is 1.68. The van der Waals surface area contributed by atoms with Gasteiger partial charge < -0.3 is 0 Å². The van der Waals surface area contributed by atoms with Gasteiger partial charge in [-0.25, -0.2) is 0 Å². The molecule has 0 aromatic carbocycles. The third-order valence-electron chi connectivity index (χ3n) is 2.53. The highest BCUT2D eigenvalue weighted by Gasteiger charge is 2.14. The molecule has 1 aliphatic carbocycles. The van der Waals surface area contributed by atoms with Crippen LogP contribution in [0.4, 0.5) is 0 Å². The smallest absolute Gasteiger partial charge is 0.0197 e. The maximum Gasteiger partial charge on any atom is -0.0197 e. The number of rotatable bonds is 1. The van der Waals surface area contributed by atoms with Gasteiger partial charge in [-0.3, -0.25) is 0 Å². The summed E-state index contributed by atoms with van der Waals surface area (Å²) in [6.07, 6.45) is 7.30. The summed E-state index contributed by atoms with van der Waals surface area (Å²) in [6, 6.07) is 0. The SMILES string of the molecule is C=C1CC/C(=C/CC)CC1C. The van der Waals surface area contributed by atoms with Crippen LogP contribution in [0.3, 0.4) is 0 Å². The van der Waals surface area contributed by atoms with E-state index in [0.29, 0.717) is 0 Å². The van der Waals surface area contributed by atoms with Crippen molar-refractivity contribution in [3.63, 3.8) is 0 Å². The summed E-state index contributed by atoms with van der Waals surface area (Å²) in [6.45, 7) is 8.55. The molecule has 1 fully saturated rings. The summed E-state index contributed by atoms with van der Waals surface area (Å²) >= 11 is 0. The normalized spacial score (nSPS) is 29.5. The van der Waals surface area contributed by atoms with Gasteiger partial charge in [0, 0.05) is 0 Å². The first-order valence-corrected chi connectivity index (χ1v) is 4.59. The molecule has 1 atom stereocenters. The van der Waals surface area contributed by atoms with E-state index in [1.165, 1.54) is 31.3 Å².